The summed E-state index contributed by atoms with van der Waals surface area (Å²) in [7, 11) is 0. The molecule has 2 aliphatic rings. The normalized spacial score (nSPS) is 20.7. The molecular formula is C28H34N2O5. The van der Waals surface area contributed by atoms with Gasteiger partial charge in [-0.25, -0.2) is 4.79 Å². The van der Waals surface area contributed by atoms with Crippen LogP contribution in [0, 0.1) is 5.92 Å². The number of ether oxygens (including phenoxy) is 1. The first-order valence-corrected chi connectivity index (χ1v) is 12.5. The molecule has 2 amide bonds. The van der Waals surface area contributed by atoms with Crippen LogP contribution in [0.3, 0.4) is 0 Å². The average Bonchev–Trinajstić information content (AvgIpc) is 3.17. The molecule has 0 aromatic heterocycles. The van der Waals surface area contributed by atoms with Crippen molar-refractivity contribution in [1.29, 1.82) is 0 Å². The summed E-state index contributed by atoms with van der Waals surface area (Å²) in [6.07, 6.45) is 3.30. The van der Waals surface area contributed by atoms with E-state index in [1.165, 1.54) is 0 Å². The first kappa shape index (κ1) is 24.8. The van der Waals surface area contributed by atoms with Gasteiger partial charge in [-0.2, -0.15) is 0 Å². The van der Waals surface area contributed by atoms with E-state index in [4.69, 9.17) is 4.74 Å². The summed E-state index contributed by atoms with van der Waals surface area (Å²) in [5.74, 6) is -1.94. The van der Waals surface area contributed by atoms with Crippen molar-refractivity contribution in [3.05, 3.63) is 59.7 Å². The van der Waals surface area contributed by atoms with Gasteiger partial charge in [0.1, 0.15) is 12.1 Å². The molecule has 186 valence electrons. The van der Waals surface area contributed by atoms with E-state index in [1.807, 2.05) is 31.2 Å². The van der Waals surface area contributed by atoms with E-state index in [0.717, 1.165) is 35.1 Å². The highest BCUT2D eigenvalue weighted by Crippen LogP contribution is 2.44. The lowest BCUT2D eigenvalue weighted by molar-refractivity contribution is -0.144. The van der Waals surface area contributed by atoms with Crippen molar-refractivity contribution < 1.29 is 24.2 Å². The lowest BCUT2D eigenvalue weighted by Crippen LogP contribution is -2.60. The first-order chi connectivity index (χ1) is 16.8. The Bertz CT molecular complexity index is 1050. The predicted molar refractivity (Wildman–Crippen MR) is 133 cm³/mol. The van der Waals surface area contributed by atoms with Crippen LogP contribution in [0.15, 0.2) is 48.5 Å². The first-order valence-electron chi connectivity index (χ1n) is 12.5. The van der Waals surface area contributed by atoms with Crippen molar-refractivity contribution in [2.75, 3.05) is 6.61 Å². The number of hydrogen-bond donors (Lipinski definition) is 3. The molecule has 7 nitrogen and oxygen atoms in total. The molecule has 2 aromatic rings. The molecule has 0 heterocycles. The molecule has 2 aliphatic carbocycles. The van der Waals surface area contributed by atoms with Crippen LogP contribution < -0.4 is 10.6 Å². The smallest absolute Gasteiger partial charge is 0.408 e. The van der Waals surface area contributed by atoms with E-state index in [1.54, 1.807) is 6.92 Å². The van der Waals surface area contributed by atoms with Gasteiger partial charge >= 0.3 is 12.1 Å². The van der Waals surface area contributed by atoms with Gasteiger partial charge in [-0.1, -0.05) is 74.7 Å². The summed E-state index contributed by atoms with van der Waals surface area (Å²) in [5, 5.41) is 15.2. The zero-order valence-electron chi connectivity index (χ0n) is 20.4. The summed E-state index contributed by atoms with van der Waals surface area (Å²) in [4.78, 5) is 37.8. The molecule has 35 heavy (non-hydrogen) atoms. The van der Waals surface area contributed by atoms with Crippen molar-refractivity contribution >= 4 is 18.0 Å². The number of aliphatic carboxylic acids is 1. The van der Waals surface area contributed by atoms with Crippen LogP contribution in [-0.2, 0) is 14.3 Å². The standard InChI is InChI=1S/C28H34N2O5/c1-3-16-28(2,26(33)29-24-15-9-8-14-22(24)25(31)32)30-27(34)35-17-23-20-12-6-4-10-18(20)19-11-5-7-13-21(19)23/h4-7,10-13,22-24H,3,8-9,14-17H2,1-2H3,(H,29,33)(H,30,34)(H,31,32)/t22-,24+,28?/m0/s1. The third-order valence-electron chi connectivity index (χ3n) is 7.37. The van der Waals surface area contributed by atoms with Gasteiger partial charge in [-0.3, -0.25) is 9.59 Å². The molecule has 0 aliphatic heterocycles. The van der Waals surface area contributed by atoms with Gasteiger partial charge in [0.05, 0.1) is 5.92 Å². The number of hydrogen-bond acceptors (Lipinski definition) is 4. The average molecular weight is 479 g/mol. The van der Waals surface area contributed by atoms with E-state index >= 15 is 0 Å². The number of rotatable bonds is 8. The Morgan fingerprint density at radius 1 is 1.00 bits per heavy atom. The Kier molecular flexibility index (Phi) is 7.43. The van der Waals surface area contributed by atoms with Crippen molar-refractivity contribution in [3.8, 4) is 11.1 Å². The molecule has 1 unspecified atom stereocenters. The van der Waals surface area contributed by atoms with Crippen molar-refractivity contribution in [2.24, 2.45) is 5.92 Å². The molecule has 1 saturated carbocycles. The number of carbonyl (C=O) groups excluding carboxylic acids is 2. The third kappa shape index (κ3) is 5.19. The molecular weight excluding hydrogens is 444 g/mol. The largest absolute Gasteiger partial charge is 0.481 e. The summed E-state index contributed by atoms with van der Waals surface area (Å²) in [6, 6.07) is 15.8. The third-order valence-corrected chi connectivity index (χ3v) is 7.37. The number of fused-ring (bicyclic) bond motifs is 3. The van der Waals surface area contributed by atoms with Gasteiger partial charge in [0.25, 0.3) is 0 Å². The fraction of sp³-hybridized carbons (Fsp3) is 0.464. The minimum atomic E-state index is -1.20. The van der Waals surface area contributed by atoms with Gasteiger partial charge in [0, 0.05) is 12.0 Å². The Morgan fingerprint density at radius 2 is 1.60 bits per heavy atom. The quantitative estimate of drug-likeness (QED) is 0.503. The number of amides is 2. The minimum Gasteiger partial charge on any atom is -0.481 e. The minimum absolute atomic E-state index is 0.0713. The Morgan fingerprint density at radius 3 is 2.20 bits per heavy atom. The van der Waals surface area contributed by atoms with Gasteiger partial charge in [0.15, 0.2) is 0 Å². The van der Waals surface area contributed by atoms with Crippen LogP contribution in [0.4, 0.5) is 4.79 Å². The van der Waals surface area contributed by atoms with Gasteiger partial charge < -0.3 is 20.5 Å². The Hall–Kier alpha value is -3.35. The van der Waals surface area contributed by atoms with Crippen LogP contribution in [0.2, 0.25) is 0 Å². The van der Waals surface area contributed by atoms with Crippen LogP contribution >= 0.6 is 0 Å². The second kappa shape index (κ2) is 10.5. The number of carbonyl (C=O) groups is 3. The lowest BCUT2D eigenvalue weighted by Gasteiger charge is -2.34. The fourth-order valence-corrected chi connectivity index (χ4v) is 5.52. The highest BCUT2D eigenvalue weighted by molar-refractivity contribution is 5.90. The highest BCUT2D eigenvalue weighted by Gasteiger charge is 2.39. The van der Waals surface area contributed by atoms with Crippen LogP contribution in [0.5, 0.6) is 0 Å². The molecule has 4 rings (SSSR count). The van der Waals surface area contributed by atoms with E-state index in [9.17, 15) is 19.5 Å². The van der Waals surface area contributed by atoms with E-state index < -0.39 is 29.6 Å². The summed E-state index contributed by atoms with van der Waals surface area (Å²) in [6.45, 7) is 3.77. The van der Waals surface area contributed by atoms with Gasteiger partial charge in [-0.05, 0) is 48.4 Å². The van der Waals surface area contributed by atoms with Crippen LogP contribution in [0.1, 0.15) is 69.4 Å². The van der Waals surface area contributed by atoms with E-state index in [0.29, 0.717) is 25.7 Å². The molecule has 2 aromatic carbocycles. The Balaban J connectivity index is 1.42. The molecule has 0 bridgehead atoms. The molecule has 0 radical (unpaired) electrons. The van der Waals surface area contributed by atoms with E-state index in [2.05, 4.69) is 34.9 Å². The predicted octanol–water partition coefficient (Wildman–Crippen LogP) is 4.84. The molecule has 3 N–H and O–H groups in total. The Labute approximate surface area is 206 Å². The molecule has 0 saturated heterocycles. The molecule has 3 atom stereocenters. The zero-order valence-corrected chi connectivity index (χ0v) is 20.4. The fourth-order valence-electron chi connectivity index (χ4n) is 5.52. The highest BCUT2D eigenvalue weighted by atomic mass is 16.5. The number of carboxylic acids is 1. The van der Waals surface area contributed by atoms with Crippen molar-refractivity contribution in [1.82, 2.24) is 10.6 Å². The number of benzene rings is 2. The SMILES string of the molecule is CCCC(C)(NC(=O)OCC1c2ccccc2-c2ccccc21)C(=O)N[C@@H]1CCCC[C@@H]1C(=O)O. The molecule has 1 fully saturated rings. The van der Waals surface area contributed by atoms with Crippen molar-refractivity contribution in [3.63, 3.8) is 0 Å². The van der Waals surface area contributed by atoms with Gasteiger partial charge in [0.2, 0.25) is 5.91 Å². The maximum Gasteiger partial charge on any atom is 0.408 e. The topological polar surface area (TPSA) is 105 Å². The zero-order chi connectivity index (χ0) is 25.0. The molecule has 0 spiro atoms. The molecule has 7 heteroatoms. The summed E-state index contributed by atoms with van der Waals surface area (Å²) >= 11 is 0. The maximum absolute atomic E-state index is 13.2. The van der Waals surface area contributed by atoms with Crippen molar-refractivity contribution in [2.45, 2.75) is 69.9 Å². The number of carboxylic acid groups (broad SMARTS) is 1. The van der Waals surface area contributed by atoms with Crippen LogP contribution in [0.25, 0.3) is 11.1 Å². The number of nitrogens with one attached hydrogen (secondary N) is 2. The lowest BCUT2D eigenvalue weighted by atomic mass is 9.83. The monoisotopic (exact) mass is 478 g/mol. The van der Waals surface area contributed by atoms with Crippen LogP contribution in [-0.4, -0.2) is 41.3 Å². The number of alkyl carbamates (subject to hydrolysis) is 1. The second-order valence-corrected chi connectivity index (χ2v) is 9.84. The summed E-state index contributed by atoms with van der Waals surface area (Å²) < 4.78 is 5.66. The summed E-state index contributed by atoms with van der Waals surface area (Å²) in [5.41, 5.74) is 3.33. The van der Waals surface area contributed by atoms with Gasteiger partial charge in [-0.15, -0.1) is 0 Å². The second-order valence-electron chi connectivity index (χ2n) is 9.84. The maximum atomic E-state index is 13.2. The van der Waals surface area contributed by atoms with E-state index in [-0.39, 0.29) is 18.4 Å².